The van der Waals surface area contributed by atoms with Gasteiger partial charge in [0, 0.05) is 0 Å². The molecule has 0 amide bonds. The van der Waals surface area contributed by atoms with Crippen LogP contribution in [-0.2, 0) is 9.59 Å². The van der Waals surface area contributed by atoms with Crippen LogP contribution in [0.1, 0.15) is 181 Å². The third-order valence-electron chi connectivity index (χ3n) is 8.32. The zero-order valence-electron chi connectivity index (χ0n) is 26.2. The van der Waals surface area contributed by atoms with Crippen LogP contribution < -0.4 is 5.32 Å². The van der Waals surface area contributed by atoms with Crippen LogP contribution in [0, 0.1) is 11.8 Å². The number of carbonyl (C=O) groups is 2. The highest BCUT2D eigenvalue weighted by Gasteiger charge is 2.17. The van der Waals surface area contributed by atoms with Crippen LogP contribution in [-0.4, -0.2) is 35.2 Å². The van der Waals surface area contributed by atoms with Crippen molar-refractivity contribution in [1.29, 1.82) is 0 Å². The first-order chi connectivity index (χ1) is 19.0. The van der Waals surface area contributed by atoms with Gasteiger partial charge in [-0.1, -0.05) is 142 Å². The largest absolute Gasteiger partial charge is 0.481 e. The Balaban J connectivity index is 3.71. The van der Waals surface area contributed by atoms with E-state index in [2.05, 4.69) is 19.2 Å². The number of nitrogens with one attached hydrogen (secondary N) is 1. The Kier molecular flexibility index (Phi) is 29.0. The van der Waals surface area contributed by atoms with Crippen molar-refractivity contribution in [2.75, 3.05) is 13.1 Å². The second-order valence-electron chi connectivity index (χ2n) is 12.0. The summed E-state index contributed by atoms with van der Waals surface area (Å²) >= 11 is 0. The maximum atomic E-state index is 11.6. The predicted molar refractivity (Wildman–Crippen MR) is 167 cm³/mol. The molecule has 0 rings (SSSR count). The average Bonchev–Trinajstić information content (AvgIpc) is 2.91. The summed E-state index contributed by atoms with van der Waals surface area (Å²) in [5.41, 5.74) is 0. The first-order valence-electron chi connectivity index (χ1n) is 17.2. The number of carboxylic acid groups (broad SMARTS) is 2. The first kappa shape index (κ1) is 37.9. The van der Waals surface area contributed by atoms with Gasteiger partial charge in [-0.3, -0.25) is 9.59 Å². The number of unbranched alkanes of at least 4 members (excludes halogenated alkanes) is 18. The molecule has 3 N–H and O–H groups in total. The lowest BCUT2D eigenvalue weighted by Crippen LogP contribution is -2.21. The van der Waals surface area contributed by atoms with Crippen molar-refractivity contribution in [3.05, 3.63) is 0 Å². The smallest absolute Gasteiger partial charge is 0.306 e. The van der Waals surface area contributed by atoms with Crippen LogP contribution in [0.5, 0.6) is 0 Å². The molecule has 0 heterocycles. The van der Waals surface area contributed by atoms with Crippen LogP contribution in [0.25, 0.3) is 0 Å². The molecule has 5 nitrogen and oxygen atoms in total. The SMILES string of the molecule is CCCCCCCCCCCCC(CCCNCCCC(CCCCCCCCCCCC)C(=O)O)C(=O)O. The maximum Gasteiger partial charge on any atom is 0.306 e. The standard InChI is InChI=1S/C34H67NO4/c1-3-5-7-9-11-13-15-17-19-21-25-31(33(36)37)27-23-29-35-30-24-28-32(34(38)39)26-22-20-18-16-14-12-10-8-6-4-2/h31-32,35H,3-30H2,1-2H3,(H,36,37)(H,38,39). The summed E-state index contributed by atoms with van der Waals surface area (Å²) in [6, 6.07) is 0. The first-order valence-corrected chi connectivity index (χ1v) is 17.2. The number of hydrogen-bond acceptors (Lipinski definition) is 3. The molecule has 0 saturated heterocycles. The van der Waals surface area contributed by atoms with Gasteiger partial charge in [0.15, 0.2) is 0 Å². The Morgan fingerprint density at radius 1 is 0.436 bits per heavy atom. The summed E-state index contributed by atoms with van der Waals surface area (Å²) in [7, 11) is 0. The highest BCUT2D eigenvalue weighted by atomic mass is 16.4. The van der Waals surface area contributed by atoms with Gasteiger partial charge in [-0.05, 0) is 51.6 Å². The quantitative estimate of drug-likeness (QED) is 0.0721. The molecule has 0 aliphatic heterocycles. The van der Waals surface area contributed by atoms with Crippen LogP contribution >= 0.6 is 0 Å². The summed E-state index contributed by atoms with van der Waals surface area (Å²) in [5.74, 6) is -1.75. The monoisotopic (exact) mass is 554 g/mol. The van der Waals surface area contributed by atoms with Crippen molar-refractivity contribution in [2.45, 2.75) is 181 Å². The van der Waals surface area contributed by atoms with E-state index in [1.54, 1.807) is 0 Å². The molecular formula is C34H67NO4. The van der Waals surface area contributed by atoms with E-state index in [1.165, 1.54) is 103 Å². The van der Waals surface area contributed by atoms with E-state index in [1.807, 2.05) is 0 Å². The van der Waals surface area contributed by atoms with Crippen molar-refractivity contribution in [2.24, 2.45) is 11.8 Å². The molecule has 2 unspecified atom stereocenters. The minimum Gasteiger partial charge on any atom is -0.481 e. The van der Waals surface area contributed by atoms with Gasteiger partial charge in [-0.15, -0.1) is 0 Å². The Morgan fingerprint density at radius 2 is 0.692 bits per heavy atom. The van der Waals surface area contributed by atoms with E-state index in [-0.39, 0.29) is 11.8 Å². The van der Waals surface area contributed by atoms with Crippen LogP contribution in [0.2, 0.25) is 0 Å². The summed E-state index contributed by atoms with van der Waals surface area (Å²) in [6.45, 7) is 6.14. The molecular weight excluding hydrogens is 486 g/mol. The Bertz CT molecular complexity index is 493. The van der Waals surface area contributed by atoms with Crippen molar-refractivity contribution in [3.63, 3.8) is 0 Å². The Morgan fingerprint density at radius 3 is 0.974 bits per heavy atom. The van der Waals surface area contributed by atoms with Gasteiger partial charge in [0.2, 0.25) is 0 Å². The minimum atomic E-state index is -0.651. The van der Waals surface area contributed by atoms with Gasteiger partial charge in [-0.2, -0.15) is 0 Å². The third-order valence-corrected chi connectivity index (χ3v) is 8.32. The van der Waals surface area contributed by atoms with Gasteiger partial charge in [-0.25, -0.2) is 0 Å². The summed E-state index contributed by atoms with van der Waals surface area (Å²) < 4.78 is 0. The van der Waals surface area contributed by atoms with Crippen LogP contribution in [0.15, 0.2) is 0 Å². The molecule has 0 bridgehead atoms. The zero-order chi connectivity index (χ0) is 28.8. The van der Waals surface area contributed by atoms with E-state index < -0.39 is 11.9 Å². The zero-order valence-corrected chi connectivity index (χ0v) is 26.2. The molecule has 0 aliphatic carbocycles. The lowest BCUT2D eigenvalue weighted by Gasteiger charge is -2.14. The maximum absolute atomic E-state index is 11.6. The lowest BCUT2D eigenvalue weighted by molar-refractivity contribution is -0.143. The van der Waals surface area contributed by atoms with Crippen LogP contribution in [0.4, 0.5) is 0 Å². The van der Waals surface area contributed by atoms with E-state index in [0.29, 0.717) is 0 Å². The number of rotatable bonds is 32. The number of carboxylic acids is 2. The van der Waals surface area contributed by atoms with E-state index >= 15 is 0 Å². The highest BCUT2D eigenvalue weighted by molar-refractivity contribution is 5.70. The van der Waals surface area contributed by atoms with E-state index in [4.69, 9.17) is 0 Å². The lowest BCUT2D eigenvalue weighted by atomic mass is 9.95. The Hall–Kier alpha value is -1.10. The van der Waals surface area contributed by atoms with Crippen molar-refractivity contribution >= 4 is 11.9 Å². The summed E-state index contributed by atoms with van der Waals surface area (Å²) in [5, 5.41) is 22.5. The molecule has 39 heavy (non-hydrogen) atoms. The van der Waals surface area contributed by atoms with E-state index in [0.717, 1.165) is 77.3 Å². The minimum absolute atomic E-state index is 0.224. The molecule has 0 radical (unpaired) electrons. The van der Waals surface area contributed by atoms with Gasteiger partial charge in [0.05, 0.1) is 11.8 Å². The van der Waals surface area contributed by atoms with Crippen molar-refractivity contribution < 1.29 is 19.8 Å². The second-order valence-corrected chi connectivity index (χ2v) is 12.0. The molecule has 0 aromatic rings. The third kappa shape index (κ3) is 26.9. The van der Waals surface area contributed by atoms with Crippen molar-refractivity contribution in [1.82, 2.24) is 5.32 Å². The average molecular weight is 554 g/mol. The highest BCUT2D eigenvalue weighted by Crippen LogP contribution is 2.19. The normalized spacial score (nSPS) is 13.0. The molecule has 0 saturated carbocycles. The number of hydrogen-bond donors (Lipinski definition) is 3. The van der Waals surface area contributed by atoms with E-state index in [9.17, 15) is 19.8 Å². The fourth-order valence-electron chi connectivity index (χ4n) is 5.61. The van der Waals surface area contributed by atoms with Gasteiger partial charge >= 0.3 is 11.9 Å². The molecule has 232 valence electrons. The number of aliphatic carboxylic acids is 2. The fraction of sp³-hybridized carbons (Fsp3) is 0.941. The molecule has 0 fully saturated rings. The second kappa shape index (κ2) is 29.9. The summed E-state index contributed by atoms with van der Waals surface area (Å²) in [4.78, 5) is 23.3. The van der Waals surface area contributed by atoms with Gasteiger partial charge < -0.3 is 15.5 Å². The molecule has 2 atom stereocenters. The molecule has 0 aromatic carbocycles. The molecule has 0 spiro atoms. The van der Waals surface area contributed by atoms with Gasteiger partial charge in [0.25, 0.3) is 0 Å². The molecule has 0 aliphatic rings. The topological polar surface area (TPSA) is 86.6 Å². The predicted octanol–water partition coefficient (Wildman–Crippen LogP) is 10.2. The Labute approximate surface area is 242 Å². The molecule has 0 aromatic heterocycles. The van der Waals surface area contributed by atoms with Crippen LogP contribution in [0.3, 0.4) is 0 Å². The van der Waals surface area contributed by atoms with Gasteiger partial charge in [0.1, 0.15) is 0 Å². The van der Waals surface area contributed by atoms with Crippen molar-refractivity contribution in [3.8, 4) is 0 Å². The summed E-state index contributed by atoms with van der Waals surface area (Å²) in [6.07, 6.45) is 30.3. The molecule has 5 heteroatoms. The fourth-order valence-corrected chi connectivity index (χ4v) is 5.61.